The monoisotopic (exact) mass is 314 g/mol. The van der Waals surface area contributed by atoms with Crippen LogP contribution in [0.2, 0.25) is 0 Å². The van der Waals surface area contributed by atoms with Crippen LogP contribution in [0.5, 0.6) is 0 Å². The molecule has 4 fully saturated rings. The minimum absolute atomic E-state index is 0.0368. The minimum atomic E-state index is -0.0368. The van der Waals surface area contributed by atoms with Crippen molar-refractivity contribution in [3.63, 3.8) is 0 Å². The van der Waals surface area contributed by atoms with Gasteiger partial charge in [0.25, 0.3) is 0 Å². The van der Waals surface area contributed by atoms with E-state index in [1.54, 1.807) is 0 Å². The molecule has 0 heterocycles. The first-order valence-corrected chi connectivity index (χ1v) is 9.62. The largest absolute Gasteiger partial charge is 0.299 e. The van der Waals surface area contributed by atoms with E-state index < -0.39 is 0 Å². The summed E-state index contributed by atoms with van der Waals surface area (Å²) >= 11 is 0. The minimum Gasteiger partial charge on any atom is -0.299 e. The van der Waals surface area contributed by atoms with Gasteiger partial charge in [0.05, 0.1) is 0 Å². The number of carbonyl (C=O) groups excluding carboxylic acids is 2. The molecule has 2 nitrogen and oxygen atoms in total. The molecule has 0 aliphatic heterocycles. The Morgan fingerprint density at radius 1 is 1.04 bits per heavy atom. The fourth-order valence-electron chi connectivity index (χ4n) is 7.18. The summed E-state index contributed by atoms with van der Waals surface area (Å²) in [7, 11) is 0. The SMILES string of the molecule is C/C=C1\CC(=O)CC2CC[C@@H]3[C@H](CC[C@]4(C)C(=O)CC[C@@H]34)[C@@]12C. The molecule has 4 aliphatic rings. The van der Waals surface area contributed by atoms with Crippen molar-refractivity contribution in [2.24, 2.45) is 34.5 Å². The van der Waals surface area contributed by atoms with Crippen molar-refractivity contribution in [1.29, 1.82) is 0 Å². The molecule has 0 aromatic carbocycles. The molecule has 0 N–H and O–H groups in total. The lowest BCUT2D eigenvalue weighted by atomic mass is 9.44. The number of fused-ring (bicyclic) bond motifs is 5. The van der Waals surface area contributed by atoms with Crippen LogP contribution in [0.3, 0.4) is 0 Å². The number of carbonyl (C=O) groups is 2. The predicted octanol–water partition coefficient (Wildman–Crippen LogP) is 4.72. The lowest BCUT2D eigenvalue weighted by Gasteiger charge is -2.60. The Bertz CT molecular complexity index is 589. The van der Waals surface area contributed by atoms with Crippen LogP contribution < -0.4 is 0 Å². The zero-order valence-electron chi connectivity index (χ0n) is 14.9. The number of Topliss-reactive ketones (excluding diaryl/α,β-unsaturated/α-hetero) is 2. The van der Waals surface area contributed by atoms with Crippen LogP contribution in [0.1, 0.15) is 72.1 Å². The summed E-state index contributed by atoms with van der Waals surface area (Å²) in [6, 6.07) is 0. The first kappa shape index (κ1) is 15.6. The lowest BCUT2D eigenvalue weighted by Crippen LogP contribution is -2.54. The van der Waals surface area contributed by atoms with Crippen LogP contribution in [0, 0.1) is 34.5 Å². The van der Waals surface area contributed by atoms with E-state index in [0.717, 1.165) is 25.7 Å². The lowest BCUT2D eigenvalue weighted by molar-refractivity contribution is -0.137. The van der Waals surface area contributed by atoms with Gasteiger partial charge in [-0.3, -0.25) is 9.59 Å². The van der Waals surface area contributed by atoms with Gasteiger partial charge in [-0.05, 0) is 68.1 Å². The van der Waals surface area contributed by atoms with E-state index in [1.807, 2.05) is 0 Å². The average molecular weight is 314 g/mol. The van der Waals surface area contributed by atoms with Gasteiger partial charge in [0.15, 0.2) is 0 Å². The molecule has 0 aromatic rings. The Kier molecular flexibility index (Phi) is 3.42. The summed E-state index contributed by atoms with van der Waals surface area (Å²) < 4.78 is 0. The molecule has 0 bridgehead atoms. The Labute approximate surface area is 140 Å². The molecule has 0 saturated heterocycles. The highest BCUT2D eigenvalue weighted by Crippen LogP contribution is 2.66. The molecule has 4 rings (SSSR count). The van der Waals surface area contributed by atoms with Gasteiger partial charge in [-0.25, -0.2) is 0 Å². The van der Waals surface area contributed by atoms with Crippen LogP contribution in [0.15, 0.2) is 11.6 Å². The fourth-order valence-corrected chi connectivity index (χ4v) is 7.18. The summed E-state index contributed by atoms with van der Waals surface area (Å²) in [4.78, 5) is 24.7. The Morgan fingerprint density at radius 3 is 2.57 bits per heavy atom. The topological polar surface area (TPSA) is 34.1 Å². The van der Waals surface area contributed by atoms with Gasteiger partial charge in [-0.1, -0.05) is 25.5 Å². The van der Waals surface area contributed by atoms with Crippen LogP contribution >= 0.6 is 0 Å². The van der Waals surface area contributed by atoms with Crippen LogP contribution in [0.4, 0.5) is 0 Å². The molecular formula is C21H30O2. The van der Waals surface area contributed by atoms with E-state index in [9.17, 15) is 9.59 Å². The summed E-state index contributed by atoms with van der Waals surface area (Å²) in [5, 5.41) is 0. The normalized spacial score (nSPS) is 51.3. The number of rotatable bonds is 0. The van der Waals surface area contributed by atoms with Crippen molar-refractivity contribution in [2.75, 3.05) is 0 Å². The summed E-state index contributed by atoms with van der Waals surface area (Å²) in [6.07, 6.45) is 10.3. The first-order chi connectivity index (χ1) is 10.9. The number of allylic oxidation sites excluding steroid dienone is 2. The number of hydrogen-bond donors (Lipinski definition) is 0. The standard InChI is InChI=1S/C21H30O2/c1-4-13-11-15(22)12-14-5-6-16-17-7-8-19(23)20(17,2)10-9-18(16)21(13,14)3/h4,14,16-18H,5-12H2,1-3H3/b13-4+/t14?,16-,17-,18-,20-,21-/m0/s1. The molecule has 0 radical (unpaired) electrons. The van der Waals surface area contributed by atoms with Crippen molar-refractivity contribution in [3.05, 3.63) is 11.6 Å². The van der Waals surface area contributed by atoms with Crippen molar-refractivity contribution in [3.8, 4) is 0 Å². The molecule has 2 heteroatoms. The van der Waals surface area contributed by atoms with Gasteiger partial charge >= 0.3 is 0 Å². The van der Waals surface area contributed by atoms with E-state index in [2.05, 4.69) is 26.8 Å². The fraction of sp³-hybridized carbons (Fsp3) is 0.810. The van der Waals surface area contributed by atoms with E-state index in [1.165, 1.54) is 24.8 Å². The van der Waals surface area contributed by atoms with Gasteiger partial charge in [0, 0.05) is 24.7 Å². The van der Waals surface area contributed by atoms with Crippen LogP contribution in [-0.4, -0.2) is 11.6 Å². The third-order valence-corrected chi connectivity index (χ3v) is 8.51. The maximum absolute atomic E-state index is 12.5. The molecule has 0 spiro atoms. The maximum Gasteiger partial charge on any atom is 0.139 e. The summed E-state index contributed by atoms with van der Waals surface area (Å²) in [5.41, 5.74) is 1.57. The Morgan fingerprint density at radius 2 is 1.83 bits per heavy atom. The highest BCUT2D eigenvalue weighted by atomic mass is 16.1. The van der Waals surface area contributed by atoms with E-state index in [0.29, 0.717) is 41.7 Å². The Balaban J connectivity index is 1.72. The predicted molar refractivity (Wildman–Crippen MR) is 90.9 cm³/mol. The molecule has 4 aliphatic carbocycles. The second-order valence-electron chi connectivity index (χ2n) is 9.09. The zero-order valence-corrected chi connectivity index (χ0v) is 14.9. The van der Waals surface area contributed by atoms with E-state index in [4.69, 9.17) is 0 Å². The molecule has 4 saturated carbocycles. The second-order valence-corrected chi connectivity index (χ2v) is 9.09. The van der Waals surface area contributed by atoms with Gasteiger partial charge in [0.1, 0.15) is 11.6 Å². The van der Waals surface area contributed by atoms with Crippen molar-refractivity contribution < 1.29 is 9.59 Å². The molecular weight excluding hydrogens is 284 g/mol. The highest BCUT2D eigenvalue weighted by molar-refractivity contribution is 5.87. The third kappa shape index (κ3) is 1.93. The van der Waals surface area contributed by atoms with Gasteiger partial charge in [0.2, 0.25) is 0 Å². The molecule has 23 heavy (non-hydrogen) atoms. The number of ketones is 2. The van der Waals surface area contributed by atoms with Gasteiger partial charge < -0.3 is 0 Å². The highest BCUT2D eigenvalue weighted by Gasteiger charge is 2.61. The second kappa shape index (κ2) is 5.04. The van der Waals surface area contributed by atoms with Crippen LogP contribution in [0.25, 0.3) is 0 Å². The molecule has 6 atom stereocenters. The first-order valence-electron chi connectivity index (χ1n) is 9.62. The summed E-state index contributed by atoms with van der Waals surface area (Å²) in [6.45, 7) is 6.82. The van der Waals surface area contributed by atoms with Crippen LogP contribution in [-0.2, 0) is 9.59 Å². The smallest absolute Gasteiger partial charge is 0.139 e. The van der Waals surface area contributed by atoms with Crippen molar-refractivity contribution in [2.45, 2.75) is 72.1 Å². The van der Waals surface area contributed by atoms with Gasteiger partial charge in [-0.15, -0.1) is 0 Å². The summed E-state index contributed by atoms with van der Waals surface area (Å²) in [5.74, 6) is 3.49. The third-order valence-electron chi connectivity index (χ3n) is 8.51. The van der Waals surface area contributed by atoms with Crippen molar-refractivity contribution >= 4 is 11.6 Å². The van der Waals surface area contributed by atoms with Crippen molar-refractivity contribution in [1.82, 2.24) is 0 Å². The Hall–Kier alpha value is -0.920. The van der Waals surface area contributed by atoms with E-state index in [-0.39, 0.29) is 10.8 Å². The zero-order chi connectivity index (χ0) is 16.4. The average Bonchev–Trinajstić information content (AvgIpc) is 2.83. The quantitative estimate of drug-likeness (QED) is 0.606. The number of hydrogen-bond acceptors (Lipinski definition) is 2. The van der Waals surface area contributed by atoms with E-state index >= 15 is 0 Å². The molecule has 126 valence electrons. The van der Waals surface area contributed by atoms with Gasteiger partial charge in [-0.2, -0.15) is 0 Å². The molecule has 1 unspecified atom stereocenters. The molecule has 0 aromatic heterocycles. The molecule has 0 amide bonds. The maximum atomic E-state index is 12.5.